The van der Waals surface area contributed by atoms with Crippen LogP contribution in [0, 0.1) is 11.8 Å². The van der Waals surface area contributed by atoms with Crippen molar-refractivity contribution in [2.45, 2.75) is 125 Å². The summed E-state index contributed by atoms with van der Waals surface area (Å²) in [5.74, 6) is -2.54. The van der Waals surface area contributed by atoms with Gasteiger partial charge in [-0.3, -0.25) is 48.0 Å². The molecular weight excluding hydrogens is 859 g/mol. The van der Waals surface area contributed by atoms with Gasteiger partial charge < -0.3 is 31.9 Å². The van der Waals surface area contributed by atoms with Crippen molar-refractivity contribution in [2.24, 2.45) is 30.4 Å². The van der Waals surface area contributed by atoms with Gasteiger partial charge in [0.2, 0.25) is 41.4 Å². The van der Waals surface area contributed by atoms with Crippen molar-refractivity contribution in [1.82, 2.24) is 34.9 Å². The maximum absolute atomic E-state index is 13.9. The molecule has 4 fully saturated rings. The fourth-order valence-electron chi connectivity index (χ4n) is 9.99. The Labute approximate surface area is 376 Å². The number of nitrogens with two attached hydrogens (primary N) is 2. The lowest BCUT2D eigenvalue weighted by atomic mass is 9.78. The van der Waals surface area contributed by atoms with Gasteiger partial charge in [0.05, 0.1) is 15.9 Å². The van der Waals surface area contributed by atoms with E-state index in [1.807, 2.05) is 18.2 Å². The minimum Gasteiger partial charge on any atom is -0.370 e. The molecule has 7 rings (SSSR count). The van der Waals surface area contributed by atoms with Crippen molar-refractivity contribution in [3.8, 4) is 0 Å². The molecule has 1 aromatic heterocycles. The molecule has 4 aliphatic rings. The van der Waals surface area contributed by atoms with E-state index >= 15 is 0 Å². The van der Waals surface area contributed by atoms with Crippen molar-refractivity contribution in [2.75, 3.05) is 19.3 Å². The number of piperidine rings is 1. The van der Waals surface area contributed by atoms with Crippen molar-refractivity contribution in [3.05, 3.63) is 64.1 Å². The number of hydrogen-bond donors (Lipinski definition) is 5. The Hall–Kier alpha value is -5.89. The monoisotopic (exact) mass is 917 g/mol. The standard InChI is InChI=1S/C45H59N9O10S/c1-51-37-22-29(9-14-34(37)54(45(51)62)36-16-18-39(56)50-43(36)60)21-26-3-5-27(6-4-26)23-40(57)52-20-19-30-10-15-35(53(30)44(61)32(46)25-52)42(59)49-33(13-17-38(47)55)41(58)48-24-28-7-11-31(12-8-28)65(2,63)64/h7-9,11-12,14,22,26-27,30,32-33,35-36H,3-6,10,13,15-21,23-25,46H2,1-2H3,(H2,47,55)(H,48,58)(H,49,59)(H,50,56,60)/t26?,27?,30-,32+,33?,35+,36?/m1/s1. The van der Waals surface area contributed by atoms with Crippen LogP contribution in [0.25, 0.3) is 11.0 Å². The molecule has 0 radical (unpaired) electrons. The summed E-state index contributed by atoms with van der Waals surface area (Å²) in [6, 6.07) is 7.66. The molecule has 65 heavy (non-hydrogen) atoms. The predicted octanol–water partition coefficient (Wildman–Crippen LogP) is 0.446. The van der Waals surface area contributed by atoms with Crippen molar-refractivity contribution in [1.29, 1.82) is 0 Å². The molecule has 0 bridgehead atoms. The number of aryl methyl sites for hydroxylation is 1. The van der Waals surface area contributed by atoms with Gasteiger partial charge in [0.25, 0.3) is 0 Å². The zero-order valence-corrected chi connectivity index (χ0v) is 37.6. The SMILES string of the molecule is Cn1c(=O)n(C2CCC(=O)NC2=O)c2ccc(CC3CCC(CC(=O)N4CC[C@H]5CC[C@@H](C(=O)NC(CCC(N)=O)C(=O)NCc6ccc(S(C)(=O)=O)cc6)N5C(=O)[C@@H](N)C4)CC3)cc21. The van der Waals surface area contributed by atoms with Crippen LogP contribution in [0.4, 0.5) is 0 Å². The highest BCUT2D eigenvalue weighted by Gasteiger charge is 2.45. The fourth-order valence-corrected chi connectivity index (χ4v) is 10.6. The van der Waals surface area contributed by atoms with Gasteiger partial charge >= 0.3 is 5.69 Å². The van der Waals surface area contributed by atoms with Gasteiger partial charge in [-0.15, -0.1) is 0 Å². The second kappa shape index (κ2) is 19.7. The second-order valence-electron chi connectivity index (χ2n) is 18.2. The number of nitrogens with one attached hydrogen (secondary N) is 3. The molecule has 7 amide bonds. The largest absolute Gasteiger partial charge is 0.370 e. The third-order valence-electron chi connectivity index (χ3n) is 13.6. The first-order valence-electron chi connectivity index (χ1n) is 22.4. The Morgan fingerprint density at radius 1 is 0.877 bits per heavy atom. The number of imidazole rings is 1. The van der Waals surface area contributed by atoms with Gasteiger partial charge in [0, 0.05) is 58.2 Å². The second-order valence-corrected chi connectivity index (χ2v) is 20.2. The molecule has 5 atom stereocenters. The maximum Gasteiger partial charge on any atom is 0.329 e. The first-order chi connectivity index (χ1) is 30.9. The molecule has 1 aliphatic carbocycles. The number of carbonyl (C=O) groups is 7. The summed E-state index contributed by atoms with van der Waals surface area (Å²) in [4.78, 5) is 107. The summed E-state index contributed by atoms with van der Waals surface area (Å²) in [5.41, 5.74) is 14.6. The van der Waals surface area contributed by atoms with E-state index < -0.39 is 63.5 Å². The van der Waals surface area contributed by atoms with Gasteiger partial charge in [-0.05, 0) is 111 Å². The highest BCUT2D eigenvalue weighted by atomic mass is 32.2. The fraction of sp³-hybridized carbons (Fsp3) is 0.556. The molecule has 7 N–H and O–H groups in total. The van der Waals surface area contributed by atoms with Crippen LogP contribution < -0.4 is 33.1 Å². The molecule has 20 heteroatoms. The quantitative estimate of drug-likeness (QED) is 0.139. The van der Waals surface area contributed by atoms with Crippen LogP contribution in [0.3, 0.4) is 0 Å². The third-order valence-corrected chi connectivity index (χ3v) is 14.8. The molecule has 3 aliphatic heterocycles. The molecule has 3 saturated heterocycles. The van der Waals surface area contributed by atoms with E-state index in [9.17, 15) is 46.8 Å². The molecule has 1 saturated carbocycles. The van der Waals surface area contributed by atoms with Crippen LogP contribution in [0.1, 0.15) is 94.2 Å². The van der Waals surface area contributed by atoms with Gasteiger partial charge in [0.1, 0.15) is 24.2 Å². The summed E-state index contributed by atoms with van der Waals surface area (Å²) in [7, 11) is -1.72. The first kappa shape index (κ1) is 47.1. The number of hydrogen-bond acceptors (Lipinski definition) is 11. The van der Waals surface area contributed by atoms with E-state index in [0.717, 1.165) is 49.4 Å². The third kappa shape index (κ3) is 10.8. The number of amides is 7. The number of rotatable bonds is 14. The summed E-state index contributed by atoms with van der Waals surface area (Å²) >= 11 is 0. The maximum atomic E-state index is 13.9. The zero-order valence-electron chi connectivity index (χ0n) is 36.8. The molecule has 0 spiro atoms. The smallest absolute Gasteiger partial charge is 0.329 e. The number of carbonyl (C=O) groups excluding carboxylic acids is 7. The molecule has 3 aromatic rings. The lowest BCUT2D eigenvalue weighted by molar-refractivity contribution is -0.145. The molecule has 2 unspecified atom stereocenters. The average Bonchev–Trinajstić information content (AvgIpc) is 3.79. The minimum absolute atomic E-state index is 0.00955. The highest BCUT2D eigenvalue weighted by Crippen LogP contribution is 2.35. The molecule has 2 aromatic carbocycles. The average molecular weight is 918 g/mol. The summed E-state index contributed by atoms with van der Waals surface area (Å²) < 4.78 is 26.7. The van der Waals surface area contributed by atoms with Gasteiger partial charge in [0.15, 0.2) is 9.84 Å². The zero-order chi connectivity index (χ0) is 46.7. The van der Waals surface area contributed by atoms with Crippen LogP contribution in [0.2, 0.25) is 0 Å². The number of aromatic nitrogens is 2. The minimum atomic E-state index is -3.40. The van der Waals surface area contributed by atoms with E-state index in [1.165, 1.54) is 21.6 Å². The summed E-state index contributed by atoms with van der Waals surface area (Å²) in [6.45, 7) is 0.411. The van der Waals surface area contributed by atoms with Crippen LogP contribution in [0.15, 0.2) is 52.2 Å². The lowest BCUT2D eigenvalue weighted by Crippen LogP contribution is -2.60. The lowest BCUT2D eigenvalue weighted by Gasteiger charge is -2.38. The number of primary amides is 1. The first-order valence-corrected chi connectivity index (χ1v) is 24.3. The number of nitrogens with zero attached hydrogens (tertiary/aromatic N) is 4. The highest BCUT2D eigenvalue weighted by molar-refractivity contribution is 7.90. The van der Waals surface area contributed by atoms with E-state index in [1.54, 1.807) is 28.6 Å². The Morgan fingerprint density at radius 3 is 2.25 bits per heavy atom. The van der Waals surface area contributed by atoms with E-state index in [0.29, 0.717) is 49.2 Å². The Bertz CT molecular complexity index is 2530. The number of fused-ring (bicyclic) bond motifs is 2. The summed E-state index contributed by atoms with van der Waals surface area (Å²) in [6.07, 6.45) is 7.30. The van der Waals surface area contributed by atoms with Crippen LogP contribution in [-0.4, -0.2) is 112 Å². The van der Waals surface area contributed by atoms with E-state index in [4.69, 9.17) is 11.5 Å². The van der Waals surface area contributed by atoms with Crippen LogP contribution in [-0.2, 0) is 63.4 Å². The Kier molecular flexibility index (Phi) is 14.3. The Balaban J connectivity index is 0.901. The number of sulfone groups is 1. The number of imide groups is 1. The van der Waals surface area contributed by atoms with Gasteiger partial charge in [-0.1, -0.05) is 18.2 Å². The van der Waals surface area contributed by atoms with Crippen molar-refractivity contribution in [3.63, 3.8) is 0 Å². The van der Waals surface area contributed by atoms with Gasteiger partial charge in [-0.25, -0.2) is 13.2 Å². The molecule has 19 nitrogen and oxygen atoms in total. The van der Waals surface area contributed by atoms with E-state index in [2.05, 4.69) is 16.0 Å². The normalized spacial score (nSPS) is 24.4. The van der Waals surface area contributed by atoms with Crippen LogP contribution in [0.5, 0.6) is 0 Å². The molecule has 4 heterocycles. The topological polar surface area (TPSA) is 275 Å². The van der Waals surface area contributed by atoms with E-state index in [-0.39, 0.29) is 73.1 Å². The molecular formula is C45H59N9O10S. The predicted molar refractivity (Wildman–Crippen MR) is 237 cm³/mol. The van der Waals surface area contributed by atoms with Gasteiger partial charge in [-0.2, -0.15) is 0 Å². The Morgan fingerprint density at radius 2 is 1.57 bits per heavy atom. The summed E-state index contributed by atoms with van der Waals surface area (Å²) in [5, 5.41) is 7.79. The number of benzene rings is 2. The van der Waals surface area contributed by atoms with Crippen LogP contribution >= 0.6 is 0 Å². The van der Waals surface area contributed by atoms with Crippen molar-refractivity contribution < 1.29 is 42.0 Å². The van der Waals surface area contributed by atoms with Crippen molar-refractivity contribution >= 4 is 62.2 Å². The molecule has 350 valence electrons.